The fourth-order valence-electron chi connectivity index (χ4n) is 4.79. The SMILES string of the molecule is Cc1ncc(-c2ccc3ncc4cc3c2OCC(F)CNC(=O)[C@@H]2C[C@H](CC(C)N2C)N4)cn1. The Labute approximate surface area is 197 Å². The van der Waals surface area contributed by atoms with E-state index in [1.54, 1.807) is 18.6 Å². The molecule has 2 unspecified atom stereocenters. The van der Waals surface area contributed by atoms with E-state index in [1.165, 1.54) is 0 Å². The number of hydrogen-bond acceptors (Lipinski definition) is 7. The maximum absolute atomic E-state index is 14.9. The van der Waals surface area contributed by atoms with Crippen LogP contribution in [0.15, 0.2) is 36.8 Å². The molecule has 4 atom stereocenters. The summed E-state index contributed by atoms with van der Waals surface area (Å²) in [4.78, 5) is 28.2. The number of benzene rings is 1. The van der Waals surface area contributed by atoms with Gasteiger partial charge in [0.25, 0.3) is 0 Å². The number of nitrogens with zero attached hydrogens (tertiary/aromatic N) is 4. The highest BCUT2D eigenvalue weighted by atomic mass is 19.1. The molecule has 4 heterocycles. The number of fused-ring (bicyclic) bond motifs is 3. The second-order valence-corrected chi connectivity index (χ2v) is 9.25. The third kappa shape index (κ3) is 4.40. The number of halogens is 1. The third-order valence-electron chi connectivity index (χ3n) is 6.81. The molecular formula is C25H29FN6O2. The van der Waals surface area contributed by atoms with Crippen LogP contribution in [0.2, 0.25) is 0 Å². The standard InChI is InChI=1S/C25H29FN6O2/c1-14-6-18-8-23(32(14)3)25(33)30-11-17(26)13-34-24-20(16-9-27-15(2)28-10-16)4-5-22-21(24)7-19(31-18)12-29-22/h4-5,7,9-10,12,14,17-18,23,31H,6,8,11,13H2,1-3H3,(H,30,33)/t14?,17?,18-,23-/m0/s1. The minimum Gasteiger partial charge on any atom is -0.489 e. The molecule has 0 spiro atoms. The number of carbonyl (C=O) groups is 1. The number of piperidine rings is 1. The molecule has 0 aliphatic carbocycles. The summed E-state index contributed by atoms with van der Waals surface area (Å²) in [6.07, 6.45) is 5.41. The van der Waals surface area contributed by atoms with Gasteiger partial charge < -0.3 is 15.4 Å². The Morgan fingerprint density at radius 2 is 1.94 bits per heavy atom. The lowest BCUT2D eigenvalue weighted by molar-refractivity contribution is -0.128. The molecule has 0 saturated carbocycles. The molecular weight excluding hydrogens is 435 g/mol. The van der Waals surface area contributed by atoms with E-state index >= 15 is 0 Å². The van der Waals surface area contributed by atoms with E-state index in [1.807, 2.05) is 32.2 Å². The first-order valence-electron chi connectivity index (χ1n) is 11.6. The molecule has 2 aromatic heterocycles. The highest BCUT2D eigenvalue weighted by Gasteiger charge is 2.35. The predicted octanol–water partition coefficient (Wildman–Crippen LogP) is 3.11. The largest absolute Gasteiger partial charge is 0.489 e. The lowest BCUT2D eigenvalue weighted by Gasteiger charge is -2.41. The zero-order valence-corrected chi connectivity index (χ0v) is 19.6. The second kappa shape index (κ2) is 9.13. The van der Waals surface area contributed by atoms with Crippen molar-refractivity contribution in [1.82, 2.24) is 25.2 Å². The van der Waals surface area contributed by atoms with E-state index in [9.17, 15) is 9.18 Å². The Kier molecular flexibility index (Phi) is 6.03. The summed E-state index contributed by atoms with van der Waals surface area (Å²) < 4.78 is 20.9. The minimum absolute atomic E-state index is 0.0864. The molecule has 0 radical (unpaired) electrons. The fraction of sp³-hybridized carbons (Fsp3) is 0.440. The number of alkyl halides is 1. The molecule has 8 nitrogen and oxygen atoms in total. The summed E-state index contributed by atoms with van der Waals surface area (Å²) in [7, 11) is 1.95. The third-order valence-corrected chi connectivity index (χ3v) is 6.81. The lowest BCUT2D eigenvalue weighted by Crippen LogP contribution is -2.56. The number of likely N-dealkylation sites (tertiary alicyclic amines) is 1. The van der Waals surface area contributed by atoms with Gasteiger partial charge in [0.2, 0.25) is 5.91 Å². The fourth-order valence-corrected chi connectivity index (χ4v) is 4.79. The average Bonchev–Trinajstić information content (AvgIpc) is 2.83. The van der Waals surface area contributed by atoms with Gasteiger partial charge in [0.1, 0.15) is 18.2 Å². The van der Waals surface area contributed by atoms with Crippen LogP contribution >= 0.6 is 0 Å². The van der Waals surface area contributed by atoms with Crippen molar-refractivity contribution in [3.05, 3.63) is 42.6 Å². The van der Waals surface area contributed by atoms with Gasteiger partial charge in [-0.1, -0.05) is 0 Å². The van der Waals surface area contributed by atoms with Gasteiger partial charge in [0, 0.05) is 41.0 Å². The number of amides is 1. The van der Waals surface area contributed by atoms with Crippen LogP contribution in [0.25, 0.3) is 22.0 Å². The van der Waals surface area contributed by atoms with Crippen LogP contribution in [0.5, 0.6) is 5.75 Å². The molecule has 2 aliphatic rings. The summed E-state index contributed by atoms with van der Waals surface area (Å²) in [5.41, 5.74) is 3.13. The first-order chi connectivity index (χ1) is 16.4. The Hall–Kier alpha value is -3.33. The van der Waals surface area contributed by atoms with E-state index in [2.05, 4.69) is 37.4 Å². The molecule has 1 aromatic carbocycles. The first kappa shape index (κ1) is 22.5. The van der Waals surface area contributed by atoms with Crippen LogP contribution in [0.3, 0.4) is 0 Å². The number of pyridine rings is 1. The molecule has 34 heavy (non-hydrogen) atoms. The highest BCUT2D eigenvalue weighted by Crippen LogP contribution is 2.37. The van der Waals surface area contributed by atoms with Gasteiger partial charge in [0.15, 0.2) is 6.17 Å². The molecule has 9 heteroatoms. The smallest absolute Gasteiger partial charge is 0.237 e. The van der Waals surface area contributed by atoms with Crippen molar-refractivity contribution < 1.29 is 13.9 Å². The minimum atomic E-state index is -1.36. The molecule has 1 fully saturated rings. The van der Waals surface area contributed by atoms with Crippen LogP contribution in [0.4, 0.5) is 10.1 Å². The van der Waals surface area contributed by atoms with E-state index in [0.717, 1.165) is 34.1 Å². The topological polar surface area (TPSA) is 92.3 Å². The van der Waals surface area contributed by atoms with Crippen molar-refractivity contribution >= 4 is 22.5 Å². The molecule has 178 valence electrons. The van der Waals surface area contributed by atoms with Crippen molar-refractivity contribution in [3.8, 4) is 16.9 Å². The number of anilines is 1. The monoisotopic (exact) mass is 464 g/mol. The van der Waals surface area contributed by atoms with E-state index in [4.69, 9.17) is 4.74 Å². The van der Waals surface area contributed by atoms with Crippen LogP contribution < -0.4 is 15.4 Å². The number of rotatable bonds is 1. The molecule has 1 saturated heterocycles. The van der Waals surface area contributed by atoms with Gasteiger partial charge >= 0.3 is 0 Å². The van der Waals surface area contributed by atoms with Crippen LogP contribution in [-0.2, 0) is 4.79 Å². The summed E-state index contributed by atoms with van der Waals surface area (Å²) in [5.74, 6) is 1.04. The Morgan fingerprint density at radius 1 is 1.15 bits per heavy atom. The highest BCUT2D eigenvalue weighted by molar-refractivity contribution is 5.94. The zero-order chi connectivity index (χ0) is 23.8. The summed E-state index contributed by atoms with van der Waals surface area (Å²) in [6.45, 7) is 3.63. The summed E-state index contributed by atoms with van der Waals surface area (Å²) in [6, 6.07) is 5.78. The van der Waals surface area contributed by atoms with Crippen molar-refractivity contribution in [2.75, 3.05) is 25.5 Å². The summed E-state index contributed by atoms with van der Waals surface area (Å²) >= 11 is 0. The number of aryl methyl sites for hydroxylation is 1. The van der Waals surface area contributed by atoms with Crippen LogP contribution in [0, 0.1) is 6.92 Å². The Balaban J connectivity index is 1.59. The summed E-state index contributed by atoms with van der Waals surface area (Å²) in [5, 5.41) is 7.14. The molecule has 4 bridgehead atoms. The van der Waals surface area contributed by atoms with E-state index in [0.29, 0.717) is 18.0 Å². The van der Waals surface area contributed by atoms with Crippen molar-refractivity contribution in [1.29, 1.82) is 0 Å². The van der Waals surface area contributed by atoms with Crippen molar-refractivity contribution in [3.63, 3.8) is 0 Å². The van der Waals surface area contributed by atoms with E-state index < -0.39 is 6.17 Å². The van der Waals surface area contributed by atoms with Gasteiger partial charge in [-0.25, -0.2) is 14.4 Å². The maximum Gasteiger partial charge on any atom is 0.237 e. The average molecular weight is 465 g/mol. The second-order valence-electron chi connectivity index (χ2n) is 9.25. The normalized spacial score (nSPS) is 25.8. The zero-order valence-electron chi connectivity index (χ0n) is 19.6. The number of likely N-dealkylation sites (N-methyl/N-ethyl adjacent to an activating group) is 1. The molecule has 3 aromatic rings. The van der Waals surface area contributed by atoms with Gasteiger partial charge in [-0.3, -0.25) is 14.7 Å². The first-order valence-corrected chi connectivity index (χ1v) is 11.6. The quantitative estimate of drug-likeness (QED) is 0.572. The van der Waals surface area contributed by atoms with Crippen LogP contribution in [-0.4, -0.2) is 70.3 Å². The Bertz CT molecular complexity index is 1200. The van der Waals surface area contributed by atoms with Crippen molar-refractivity contribution in [2.45, 2.75) is 51.0 Å². The van der Waals surface area contributed by atoms with Gasteiger partial charge in [-0.2, -0.15) is 0 Å². The van der Waals surface area contributed by atoms with Crippen molar-refractivity contribution in [2.24, 2.45) is 0 Å². The Morgan fingerprint density at radius 3 is 2.74 bits per heavy atom. The number of nitrogens with one attached hydrogen (secondary N) is 2. The lowest BCUT2D eigenvalue weighted by atomic mass is 9.91. The van der Waals surface area contributed by atoms with E-state index in [-0.39, 0.29) is 37.2 Å². The van der Waals surface area contributed by atoms with Crippen LogP contribution in [0.1, 0.15) is 25.6 Å². The number of carbonyl (C=O) groups excluding carboxylic acids is 1. The molecule has 5 rings (SSSR count). The van der Waals surface area contributed by atoms with Gasteiger partial charge in [-0.05, 0) is 51.9 Å². The van der Waals surface area contributed by atoms with Gasteiger partial charge in [0.05, 0.1) is 30.0 Å². The number of ether oxygens (including phenoxy) is 1. The van der Waals surface area contributed by atoms with Gasteiger partial charge in [-0.15, -0.1) is 0 Å². The number of aromatic nitrogens is 3. The predicted molar refractivity (Wildman–Crippen MR) is 129 cm³/mol. The maximum atomic E-state index is 14.9. The molecule has 2 N–H and O–H groups in total. The molecule has 1 amide bonds. The molecule has 2 aliphatic heterocycles. The number of hydrogen-bond donors (Lipinski definition) is 2.